The molecule has 0 unspecified atom stereocenters. The highest BCUT2D eigenvalue weighted by Gasteiger charge is 2.12. The molecule has 0 fully saturated rings. The molecule has 0 amide bonds. The van der Waals surface area contributed by atoms with Gasteiger partial charge in [0.1, 0.15) is 17.9 Å². The molecular weight excluding hydrogens is 198 g/mol. The average molecular weight is 222 g/mol. The van der Waals surface area contributed by atoms with Crippen LogP contribution in [0.3, 0.4) is 0 Å². The van der Waals surface area contributed by atoms with E-state index in [1.54, 1.807) is 0 Å². The number of hydrogen-bond donors (Lipinski definition) is 0. The molecule has 0 atom stereocenters. The summed E-state index contributed by atoms with van der Waals surface area (Å²) in [5.41, 5.74) is 1.22. The molecular formula is C14H24NO+. The third-order valence-electron chi connectivity index (χ3n) is 2.00. The number of ether oxygens (including phenoxy) is 1. The van der Waals surface area contributed by atoms with Crippen LogP contribution < -0.4 is 4.74 Å². The van der Waals surface area contributed by atoms with Crippen molar-refractivity contribution in [2.75, 3.05) is 21.1 Å². The second-order valence-corrected chi connectivity index (χ2v) is 6.31. The van der Waals surface area contributed by atoms with Crippen molar-refractivity contribution in [3.63, 3.8) is 0 Å². The summed E-state index contributed by atoms with van der Waals surface area (Å²) in [4.78, 5) is 0. The lowest BCUT2D eigenvalue weighted by atomic mass is 10.1. The van der Waals surface area contributed by atoms with Crippen molar-refractivity contribution in [2.24, 2.45) is 0 Å². The summed E-state index contributed by atoms with van der Waals surface area (Å²) in [7, 11) is 6.58. The van der Waals surface area contributed by atoms with E-state index in [2.05, 4.69) is 66.2 Å². The maximum atomic E-state index is 5.78. The van der Waals surface area contributed by atoms with Crippen LogP contribution in [-0.2, 0) is 6.54 Å². The Kier molecular flexibility index (Phi) is 3.64. The average Bonchev–Trinajstić information content (AvgIpc) is 2.03. The zero-order valence-electron chi connectivity index (χ0n) is 11.4. The molecule has 0 spiro atoms. The van der Waals surface area contributed by atoms with Crippen molar-refractivity contribution in [3.05, 3.63) is 29.8 Å². The number of hydrogen-bond acceptors (Lipinski definition) is 1. The summed E-state index contributed by atoms with van der Waals surface area (Å²) in [5.74, 6) is 0.942. The molecule has 0 aliphatic carbocycles. The van der Waals surface area contributed by atoms with Crippen molar-refractivity contribution in [1.82, 2.24) is 0 Å². The molecule has 0 radical (unpaired) electrons. The van der Waals surface area contributed by atoms with Crippen LogP contribution in [0.1, 0.15) is 26.3 Å². The topological polar surface area (TPSA) is 9.23 Å². The van der Waals surface area contributed by atoms with Gasteiger partial charge in [-0.05, 0) is 45.0 Å². The van der Waals surface area contributed by atoms with Crippen LogP contribution in [0.15, 0.2) is 24.3 Å². The third kappa shape index (κ3) is 5.17. The molecule has 90 valence electrons. The Bertz CT molecular complexity index is 292. The largest absolute Gasteiger partial charge is 0.488 e. The first-order chi connectivity index (χ1) is 7.16. The van der Waals surface area contributed by atoms with Crippen LogP contribution in [0.4, 0.5) is 0 Å². The standard InChI is InChI=1S/C14H24NO/c1-14(2,3)16-13-9-7-12(8-10-13)11-15(4,5)6/h7-10H,11H2,1-6H3/q+1. The van der Waals surface area contributed by atoms with Crippen LogP contribution in [0.25, 0.3) is 0 Å². The molecule has 2 heteroatoms. The van der Waals surface area contributed by atoms with Gasteiger partial charge in [0.05, 0.1) is 21.1 Å². The second-order valence-electron chi connectivity index (χ2n) is 6.31. The van der Waals surface area contributed by atoms with Gasteiger partial charge >= 0.3 is 0 Å². The molecule has 0 saturated carbocycles. The van der Waals surface area contributed by atoms with Gasteiger partial charge in [-0.2, -0.15) is 0 Å². The predicted molar refractivity (Wildman–Crippen MR) is 68.6 cm³/mol. The molecule has 1 rings (SSSR count). The van der Waals surface area contributed by atoms with E-state index < -0.39 is 0 Å². The summed E-state index contributed by atoms with van der Waals surface area (Å²) in [6.07, 6.45) is 0. The highest BCUT2D eigenvalue weighted by molar-refractivity contribution is 5.27. The van der Waals surface area contributed by atoms with Crippen LogP contribution >= 0.6 is 0 Å². The lowest BCUT2D eigenvalue weighted by molar-refractivity contribution is -0.884. The van der Waals surface area contributed by atoms with E-state index in [0.29, 0.717) is 0 Å². The zero-order chi connectivity index (χ0) is 12.4. The van der Waals surface area contributed by atoms with Gasteiger partial charge in [0.2, 0.25) is 0 Å². The minimum Gasteiger partial charge on any atom is -0.488 e. The minimum absolute atomic E-state index is 0.123. The SMILES string of the molecule is CC(C)(C)Oc1ccc(C[N+](C)(C)C)cc1. The Morgan fingerprint density at radius 2 is 1.50 bits per heavy atom. The fourth-order valence-corrected chi connectivity index (χ4v) is 1.56. The Balaban J connectivity index is 2.69. The van der Waals surface area contributed by atoms with Crippen molar-refractivity contribution in [3.8, 4) is 5.75 Å². The monoisotopic (exact) mass is 222 g/mol. The number of rotatable bonds is 3. The first kappa shape index (κ1) is 13.0. The minimum atomic E-state index is -0.123. The van der Waals surface area contributed by atoms with Crippen molar-refractivity contribution >= 4 is 0 Å². The summed E-state index contributed by atoms with van der Waals surface area (Å²) in [6.45, 7) is 7.22. The molecule has 0 aliphatic rings. The van der Waals surface area contributed by atoms with Gasteiger partial charge in [-0.3, -0.25) is 0 Å². The van der Waals surface area contributed by atoms with Crippen LogP contribution in [0.2, 0.25) is 0 Å². The second kappa shape index (κ2) is 4.46. The first-order valence-electron chi connectivity index (χ1n) is 5.74. The van der Waals surface area contributed by atoms with E-state index in [0.717, 1.165) is 16.8 Å². The Morgan fingerprint density at radius 1 is 1.00 bits per heavy atom. The number of nitrogens with zero attached hydrogens (tertiary/aromatic N) is 1. The Labute approximate surface area is 99.4 Å². The van der Waals surface area contributed by atoms with E-state index in [-0.39, 0.29) is 5.60 Å². The van der Waals surface area contributed by atoms with Gasteiger partial charge in [0.15, 0.2) is 0 Å². The Morgan fingerprint density at radius 3 is 1.88 bits per heavy atom. The molecule has 2 nitrogen and oxygen atoms in total. The first-order valence-corrected chi connectivity index (χ1v) is 5.74. The summed E-state index contributed by atoms with van der Waals surface area (Å²) in [5, 5.41) is 0. The number of quaternary nitrogens is 1. The quantitative estimate of drug-likeness (QED) is 0.714. The molecule has 1 aromatic carbocycles. The highest BCUT2D eigenvalue weighted by atomic mass is 16.5. The fourth-order valence-electron chi connectivity index (χ4n) is 1.56. The predicted octanol–water partition coefficient (Wildman–Crippen LogP) is 3.07. The van der Waals surface area contributed by atoms with Crippen LogP contribution in [-0.4, -0.2) is 31.2 Å². The zero-order valence-corrected chi connectivity index (χ0v) is 11.4. The van der Waals surface area contributed by atoms with Crippen LogP contribution in [0.5, 0.6) is 5.75 Å². The molecule has 0 aromatic heterocycles. The normalized spacial score (nSPS) is 12.6. The van der Waals surface area contributed by atoms with Crippen molar-refractivity contribution < 1.29 is 9.22 Å². The molecule has 0 aliphatic heterocycles. The summed E-state index contributed by atoms with van der Waals surface area (Å²) in [6, 6.07) is 8.39. The van der Waals surface area contributed by atoms with E-state index in [1.807, 2.05) is 0 Å². The fraction of sp³-hybridized carbons (Fsp3) is 0.571. The van der Waals surface area contributed by atoms with Gasteiger partial charge < -0.3 is 9.22 Å². The summed E-state index contributed by atoms with van der Waals surface area (Å²) >= 11 is 0. The molecule has 0 N–H and O–H groups in total. The maximum Gasteiger partial charge on any atom is 0.120 e. The summed E-state index contributed by atoms with van der Waals surface area (Å²) < 4.78 is 6.73. The highest BCUT2D eigenvalue weighted by Crippen LogP contribution is 2.19. The smallest absolute Gasteiger partial charge is 0.120 e. The van der Waals surface area contributed by atoms with Gasteiger partial charge in [0.25, 0.3) is 0 Å². The molecule has 0 saturated heterocycles. The molecule has 16 heavy (non-hydrogen) atoms. The third-order valence-corrected chi connectivity index (χ3v) is 2.00. The van der Waals surface area contributed by atoms with Crippen molar-refractivity contribution in [2.45, 2.75) is 32.9 Å². The van der Waals surface area contributed by atoms with E-state index in [4.69, 9.17) is 4.74 Å². The van der Waals surface area contributed by atoms with Gasteiger partial charge in [-0.25, -0.2) is 0 Å². The lowest BCUT2D eigenvalue weighted by Crippen LogP contribution is -2.33. The van der Waals surface area contributed by atoms with Gasteiger partial charge in [0, 0.05) is 5.56 Å². The molecule has 0 bridgehead atoms. The van der Waals surface area contributed by atoms with Crippen molar-refractivity contribution in [1.29, 1.82) is 0 Å². The van der Waals surface area contributed by atoms with E-state index in [9.17, 15) is 0 Å². The maximum absolute atomic E-state index is 5.78. The molecule has 0 heterocycles. The van der Waals surface area contributed by atoms with E-state index >= 15 is 0 Å². The Hall–Kier alpha value is -1.02. The van der Waals surface area contributed by atoms with E-state index in [1.165, 1.54) is 5.56 Å². The van der Waals surface area contributed by atoms with Gasteiger partial charge in [-0.1, -0.05) is 0 Å². The lowest BCUT2D eigenvalue weighted by Gasteiger charge is -2.24. The molecule has 1 aromatic rings. The van der Waals surface area contributed by atoms with Crippen LogP contribution in [0, 0.1) is 0 Å². The van der Waals surface area contributed by atoms with Gasteiger partial charge in [-0.15, -0.1) is 0 Å². The number of benzene rings is 1.